The molecule has 0 saturated heterocycles. The van der Waals surface area contributed by atoms with Crippen LogP contribution >= 0.6 is 0 Å². The normalized spacial score (nSPS) is 17.9. The van der Waals surface area contributed by atoms with Crippen molar-refractivity contribution >= 4 is 17.1 Å². The maximum absolute atomic E-state index is 12.0. The van der Waals surface area contributed by atoms with Gasteiger partial charge in [-0.05, 0) is 49.7 Å². The molecule has 2 aliphatic carbocycles. The third kappa shape index (κ3) is 3.08. The van der Waals surface area contributed by atoms with Gasteiger partial charge in [0.1, 0.15) is 5.82 Å². The molecule has 116 valence electrons. The predicted octanol–water partition coefficient (Wildman–Crippen LogP) is 2.59. The molecule has 2 saturated carbocycles. The number of benzene rings is 1. The van der Waals surface area contributed by atoms with Crippen LogP contribution in [-0.2, 0) is 6.42 Å². The molecule has 2 fully saturated rings. The van der Waals surface area contributed by atoms with E-state index in [2.05, 4.69) is 20.6 Å². The topological polar surface area (TPSA) is 69.8 Å². The van der Waals surface area contributed by atoms with Gasteiger partial charge in [-0.25, -0.2) is 9.78 Å². The zero-order chi connectivity index (χ0) is 14.9. The fourth-order valence-corrected chi connectivity index (χ4v) is 3.15. The molecule has 0 bridgehead atoms. The molecule has 0 aliphatic heterocycles. The van der Waals surface area contributed by atoms with Crippen molar-refractivity contribution in [3.63, 3.8) is 0 Å². The second-order valence-corrected chi connectivity index (χ2v) is 6.55. The van der Waals surface area contributed by atoms with E-state index < -0.39 is 0 Å². The number of rotatable bonds is 6. The molecule has 1 heterocycles. The number of carbonyl (C=O) groups excluding carboxylic acids is 1. The molecule has 0 atom stereocenters. The quantitative estimate of drug-likeness (QED) is 0.767. The molecule has 0 spiro atoms. The van der Waals surface area contributed by atoms with Crippen molar-refractivity contribution in [3.05, 3.63) is 30.1 Å². The first kappa shape index (κ1) is 13.6. The minimum atomic E-state index is -0.0279. The Bertz CT molecular complexity index is 627. The van der Waals surface area contributed by atoms with E-state index in [0.29, 0.717) is 12.6 Å². The molecule has 22 heavy (non-hydrogen) atoms. The maximum Gasteiger partial charge on any atom is 0.315 e. The number of hydrogen-bond donors (Lipinski definition) is 3. The summed E-state index contributed by atoms with van der Waals surface area (Å²) < 4.78 is 0. The average Bonchev–Trinajstić information content (AvgIpc) is 3.41. The lowest BCUT2D eigenvalue weighted by Gasteiger charge is -2.17. The number of imidazole rings is 1. The number of aromatic amines is 1. The Balaban J connectivity index is 1.26. The Morgan fingerprint density at radius 1 is 1.23 bits per heavy atom. The standard InChI is InChI=1S/C17H22N4O/c22-17(21-16(11-5-6-11)12-7-8-12)18-10-9-15-19-13-3-1-2-4-14(13)20-15/h1-4,11-12,16H,5-10H2,(H,19,20)(H2,18,21,22). The van der Waals surface area contributed by atoms with E-state index in [-0.39, 0.29) is 6.03 Å². The molecule has 2 amide bonds. The number of nitrogens with zero attached hydrogens (tertiary/aromatic N) is 1. The van der Waals surface area contributed by atoms with Crippen LogP contribution in [0.1, 0.15) is 31.5 Å². The van der Waals surface area contributed by atoms with Gasteiger partial charge in [-0.3, -0.25) is 0 Å². The summed E-state index contributed by atoms with van der Waals surface area (Å²) in [4.78, 5) is 19.8. The molecule has 3 N–H and O–H groups in total. The SMILES string of the molecule is O=C(NCCc1nc2ccccc2[nH]1)NC(C1CC1)C1CC1. The Hall–Kier alpha value is -2.04. The summed E-state index contributed by atoms with van der Waals surface area (Å²) in [7, 11) is 0. The van der Waals surface area contributed by atoms with Crippen molar-refractivity contribution in [2.75, 3.05) is 6.54 Å². The highest BCUT2D eigenvalue weighted by Crippen LogP contribution is 2.44. The third-order valence-electron chi connectivity index (χ3n) is 4.64. The fraction of sp³-hybridized carbons (Fsp3) is 0.529. The monoisotopic (exact) mass is 298 g/mol. The highest BCUT2D eigenvalue weighted by Gasteiger charge is 2.42. The summed E-state index contributed by atoms with van der Waals surface area (Å²) in [6.07, 6.45) is 5.83. The van der Waals surface area contributed by atoms with E-state index in [1.807, 2.05) is 24.3 Å². The van der Waals surface area contributed by atoms with E-state index in [0.717, 1.165) is 35.1 Å². The minimum absolute atomic E-state index is 0.0279. The van der Waals surface area contributed by atoms with Crippen LogP contribution in [0.2, 0.25) is 0 Å². The van der Waals surface area contributed by atoms with Crippen LogP contribution in [0.3, 0.4) is 0 Å². The number of urea groups is 1. The van der Waals surface area contributed by atoms with E-state index in [1.165, 1.54) is 25.7 Å². The predicted molar refractivity (Wildman–Crippen MR) is 85.6 cm³/mol. The molecule has 2 aliphatic rings. The first-order valence-electron chi connectivity index (χ1n) is 8.27. The van der Waals surface area contributed by atoms with Crippen LogP contribution in [0.5, 0.6) is 0 Å². The van der Waals surface area contributed by atoms with Gasteiger partial charge in [-0.2, -0.15) is 0 Å². The largest absolute Gasteiger partial charge is 0.342 e. The first-order chi connectivity index (χ1) is 10.8. The van der Waals surface area contributed by atoms with Gasteiger partial charge in [0.2, 0.25) is 0 Å². The number of carbonyl (C=O) groups is 1. The Kier molecular flexibility index (Phi) is 3.48. The van der Waals surface area contributed by atoms with Gasteiger partial charge in [0, 0.05) is 19.0 Å². The van der Waals surface area contributed by atoms with E-state index >= 15 is 0 Å². The maximum atomic E-state index is 12.0. The number of amides is 2. The molecule has 5 heteroatoms. The van der Waals surface area contributed by atoms with E-state index in [4.69, 9.17) is 0 Å². The van der Waals surface area contributed by atoms with Crippen LogP contribution in [-0.4, -0.2) is 28.6 Å². The highest BCUT2D eigenvalue weighted by molar-refractivity contribution is 5.75. The number of aromatic nitrogens is 2. The van der Waals surface area contributed by atoms with Gasteiger partial charge in [0.15, 0.2) is 0 Å². The zero-order valence-electron chi connectivity index (χ0n) is 12.6. The van der Waals surface area contributed by atoms with Gasteiger partial charge in [0.25, 0.3) is 0 Å². The summed E-state index contributed by atoms with van der Waals surface area (Å²) in [6, 6.07) is 8.36. The average molecular weight is 298 g/mol. The second-order valence-electron chi connectivity index (χ2n) is 6.55. The molecule has 0 radical (unpaired) electrons. The molecule has 1 aromatic heterocycles. The molecular weight excluding hydrogens is 276 g/mol. The van der Waals surface area contributed by atoms with Crippen LogP contribution in [0.25, 0.3) is 11.0 Å². The van der Waals surface area contributed by atoms with Crippen LogP contribution < -0.4 is 10.6 Å². The summed E-state index contributed by atoms with van der Waals surface area (Å²) in [5.74, 6) is 2.38. The van der Waals surface area contributed by atoms with E-state index in [9.17, 15) is 4.79 Å². The van der Waals surface area contributed by atoms with Gasteiger partial charge < -0.3 is 15.6 Å². The summed E-state index contributed by atoms with van der Waals surface area (Å²) >= 11 is 0. The third-order valence-corrected chi connectivity index (χ3v) is 4.64. The van der Waals surface area contributed by atoms with E-state index in [1.54, 1.807) is 0 Å². The molecule has 4 rings (SSSR count). The smallest absolute Gasteiger partial charge is 0.315 e. The lowest BCUT2D eigenvalue weighted by Crippen LogP contribution is -2.44. The number of para-hydroxylation sites is 2. The van der Waals surface area contributed by atoms with Crippen molar-refractivity contribution in [1.29, 1.82) is 0 Å². The van der Waals surface area contributed by atoms with Crippen molar-refractivity contribution in [3.8, 4) is 0 Å². The Morgan fingerprint density at radius 2 is 1.95 bits per heavy atom. The lowest BCUT2D eigenvalue weighted by atomic mass is 10.1. The first-order valence-corrected chi connectivity index (χ1v) is 8.27. The van der Waals surface area contributed by atoms with Gasteiger partial charge in [0.05, 0.1) is 11.0 Å². The number of fused-ring (bicyclic) bond motifs is 1. The number of nitrogens with one attached hydrogen (secondary N) is 3. The molecule has 2 aromatic rings. The van der Waals surface area contributed by atoms with Crippen LogP contribution in [0.15, 0.2) is 24.3 Å². The van der Waals surface area contributed by atoms with Crippen molar-refractivity contribution < 1.29 is 4.79 Å². The minimum Gasteiger partial charge on any atom is -0.342 e. The molecule has 1 aromatic carbocycles. The van der Waals surface area contributed by atoms with Crippen molar-refractivity contribution in [2.45, 2.75) is 38.1 Å². The molecule has 5 nitrogen and oxygen atoms in total. The van der Waals surface area contributed by atoms with Crippen molar-refractivity contribution in [2.24, 2.45) is 11.8 Å². The van der Waals surface area contributed by atoms with Gasteiger partial charge in [-0.15, -0.1) is 0 Å². The summed E-state index contributed by atoms with van der Waals surface area (Å²) in [5, 5.41) is 6.13. The molecular formula is C17H22N4O. The second kappa shape index (κ2) is 5.63. The van der Waals surface area contributed by atoms with Crippen LogP contribution in [0.4, 0.5) is 4.79 Å². The van der Waals surface area contributed by atoms with Gasteiger partial charge >= 0.3 is 6.03 Å². The summed E-state index contributed by atoms with van der Waals surface area (Å²) in [6.45, 7) is 0.605. The Labute approximate surface area is 129 Å². The summed E-state index contributed by atoms with van der Waals surface area (Å²) in [5.41, 5.74) is 2.02. The Morgan fingerprint density at radius 3 is 2.64 bits per heavy atom. The molecule has 0 unspecified atom stereocenters. The zero-order valence-corrected chi connectivity index (χ0v) is 12.6. The fourth-order valence-electron chi connectivity index (χ4n) is 3.15. The highest BCUT2D eigenvalue weighted by atomic mass is 16.2. The van der Waals surface area contributed by atoms with Gasteiger partial charge in [-0.1, -0.05) is 12.1 Å². The number of hydrogen-bond acceptors (Lipinski definition) is 2. The lowest BCUT2D eigenvalue weighted by molar-refractivity contribution is 0.233. The van der Waals surface area contributed by atoms with Crippen molar-refractivity contribution in [1.82, 2.24) is 20.6 Å². The van der Waals surface area contributed by atoms with Crippen LogP contribution in [0, 0.1) is 11.8 Å². The number of H-pyrrole nitrogens is 1.